The van der Waals surface area contributed by atoms with Crippen LogP contribution >= 0.6 is 23.2 Å². The first kappa shape index (κ1) is 26.8. The second-order valence-corrected chi connectivity index (χ2v) is 11.0. The monoisotopic (exact) mass is 555 g/mol. The average molecular weight is 557 g/mol. The molecule has 9 heteroatoms. The molecule has 0 spiro atoms. The maximum Gasteiger partial charge on any atom is 0.264 e. The van der Waals surface area contributed by atoms with E-state index in [0.717, 1.165) is 12.0 Å². The van der Waals surface area contributed by atoms with Crippen molar-refractivity contribution in [3.05, 3.63) is 113 Å². The van der Waals surface area contributed by atoms with Crippen LogP contribution in [-0.2, 0) is 16.4 Å². The van der Waals surface area contributed by atoms with E-state index in [4.69, 9.17) is 27.9 Å². The molecule has 1 N–H and O–H groups in total. The Balaban J connectivity index is 1.53. The molecule has 0 fully saturated rings. The zero-order valence-electron chi connectivity index (χ0n) is 20.1. The van der Waals surface area contributed by atoms with E-state index in [-0.39, 0.29) is 4.90 Å². The summed E-state index contributed by atoms with van der Waals surface area (Å²) in [6.07, 6.45) is 4.83. The van der Waals surface area contributed by atoms with Gasteiger partial charge in [0.15, 0.2) is 0 Å². The van der Waals surface area contributed by atoms with Gasteiger partial charge in [-0.15, -0.1) is 0 Å². The number of anilines is 2. The zero-order chi connectivity index (χ0) is 26.1. The lowest BCUT2D eigenvalue weighted by molar-refractivity contribution is 0.333. The SMILES string of the molecule is O=S(=O)(c1ccc(Cl)cc1)N(CCCc1ccncc1)c1ccccc1NCCOc1ccc(Cl)cc1. The van der Waals surface area contributed by atoms with E-state index < -0.39 is 10.0 Å². The van der Waals surface area contributed by atoms with Crippen molar-refractivity contribution in [1.82, 2.24) is 4.98 Å². The molecule has 0 bridgehead atoms. The Bertz CT molecular complexity index is 1380. The maximum absolute atomic E-state index is 13.8. The third-order valence-electron chi connectivity index (χ3n) is 5.65. The largest absolute Gasteiger partial charge is 0.492 e. The van der Waals surface area contributed by atoms with Gasteiger partial charge in [0.25, 0.3) is 10.0 Å². The average Bonchev–Trinajstić information content (AvgIpc) is 2.91. The predicted molar refractivity (Wildman–Crippen MR) is 150 cm³/mol. The van der Waals surface area contributed by atoms with Crippen LogP contribution in [0, 0.1) is 0 Å². The number of sulfonamides is 1. The normalized spacial score (nSPS) is 11.2. The molecular weight excluding hydrogens is 529 g/mol. The number of hydrogen-bond donors (Lipinski definition) is 1. The van der Waals surface area contributed by atoms with Gasteiger partial charge in [-0.05, 0) is 91.2 Å². The highest BCUT2D eigenvalue weighted by molar-refractivity contribution is 7.92. The Morgan fingerprint density at radius 2 is 1.49 bits per heavy atom. The number of hydrogen-bond acceptors (Lipinski definition) is 5. The van der Waals surface area contributed by atoms with Crippen molar-refractivity contribution in [3.63, 3.8) is 0 Å². The van der Waals surface area contributed by atoms with Crippen LogP contribution in [0.5, 0.6) is 5.75 Å². The van der Waals surface area contributed by atoms with Gasteiger partial charge in [-0.25, -0.2) is 8.42 Å². The number of benzene rings is 3. The van der Waals surface area contributed by atoms with Gasteiger partial charge in [-0.1, -0.05) is 35.3 Å². The van der Waals surface area contributed by atoms with Gasteiger partial charge < -0.3 is 10.1 Å². The number of aromatic nitrogens is 1. The summed E-state index contributed by atoms with van der Waals surface area (Å²) in [5.41, 5.74) is 2.37. The molecule has 0 aliphatic heterocycles. The predicted octanol–water partition coefficient (Wildman–Crippen LogP) is 6.71. The standard InChI is InChI=1S/C28H27Cl2N3O3S/c29-23-7-11-25(12-8-23)36-21-19-32-27-5-1-2-6-28(27)33(20-3-4-22-15-17-31-18-16-22)37(34,35)26-13-9-24(30)10-14-26/h1-2,5-18,32H,3-4,19-21H2. The lowest BCUT2D eigenvalue weighted by atomic mass is 10.1. The molecule has 0 saturated carbocycles. The summed E-state index contributed by atoms with van der Waals surface area (Å²) >= 11 is 11.9. The zero-order valence-corrected chi connectivity index (χ0v) is 22.4. The molecule has 37 heavy (non-hydrogen) atoms. The van der Waals surface area contributed by atoms with Crippen LogP contribution in [0.25, 0.3) is 0 Å². The van der Waals surface area contributed by atoms with E-state index >= 15 is 0 Å². The number of ether oxygens (including phenoxy) is 1. The van der Waals surface area contributed by atoms with E-state index in [1.807, 2.05) is 36.4 Å². The lowest BCUT2D eigenvalue weighted by Gasteiger charge is -2.27. The highest BCUT2D eigenvalue weighted by atomic mass is 35.5. The fourth-order valence-electron chi connectivity index (χ4n) is 3.81. The Hall–Kier alpha value is -3.26. The van der Waals surface area contributed by atoms with Crippen LogP contribution in [0.2, 0.25) is 10.0 Å². The molecule has 6 nitrogen and oxygen atoms in total. The molecule has 0 aliphatic carbocycles. The van der Waals surface area contributed by atoms with Crippen molar-refractivity contribution in [2.45, 2.75) is 17.7 Å². The van der Waals surface area contributed by atoms with E-state index in [1.54, 1.807) is 48.8 Å². The lowest BCUT2D eigenvalue weighted by Crippen LogP contribution is -2.33. The minimum atomic E-state index is -3.85. The molecule has 4 rings (SSSR count). The van der Waals surface area contributed by atoms with Crippen molar-refractivity contribution in [3.8, 4) is 5.75 Å². The van der Waals surface area contributed by atoms with Gasteiger partial charge in [-0.2, -0.15) is 0 Å². The number of para-hydroxylation sites is 2. The van der Waals surface area contributed by atoms with Gasteiger partial charge >= 0.3 is 0 Å². The number of rotatable bonds is 12. The number of nitrogens with zero attached hydrogens (tertiary/aromatic N) is 2. The second-order valence-electron chi connectivity index (χ2n) is 8.24. The molecule has 0 atom stereocenters. The molecular formula is C28H27Cl2N3O3S. The third kappa shape index (κ3) is 7.38. The van der Waals surface area contributed by atoms with Gasteiger partial charge in [0.05, 0.1) is 16.3 Å². The Morgan fingerprint density at radius 1 is 0.838 bits per heavy atom. The smallest absolute Gasteiger partial charge is 0.264 e. The number of halogens is 2. The first-order valence-corrected chi connectivity index (χ1v) is 14.0. The molecule has 0 saturated heterocycles. The van der Waals surface area contributed by atoms with E-state index in [1.165, 1.54) is 16.4 Å². The minimum Gasteiger partial charge on any atom is -0.492 e. The van der Waals surface area contributed by atoms with Crippen LogP contribution in [0.15, 0.2) is 102 Å². The Morgan fingerprint density at radius 3 is 2.19 bits per heavy atom. The number of nitrogens with one attached hydrogen (secondary N) is 1. The summed E-state index contributed by atoms with van der Waals surface area (Å²) in [6, 6.07) is 24.6. The van der Waals surface area contributed by atoms with Gasteiger partial charge in [0, 0.05) is 35.5 Å². The van der Waals surface area contributed by atoms with E-state index in [2.05, 4.69) is 10.3 Å². The molecule has 0 unspecified atom stereocenters. The van der Waals surface area contributed by atoms with Crippen LogP contribution < -0.4 is 14.4 Å². The van der Waals surface area contributed by atoms with Crippen molar-refractivity contribution in [2.24, 2.45) is 0 Å². The van der Waals surface area contributed by atoms with Crippen LogP contribution in [0.4, 0.5) is 11.4 Å². The van der Waals surface area contributed by atoms with Crippen LogP contribution in [-0.4, -0.2) is 33.1 Å². The number of pyridine rings is 1. The van der Waals surface area contributed by atoms with Gasteiger partial charge in [0.1, 0.15) is 12.4 Å². The van der Waals surface area contributed by atoms with E-state index in [0.29, 0.717) is 53.3 Å². The topological polar surface area (TPSA) is 71.5 Å². The van der Waals surface area contributed by atoms with Gasteiger partial charge in [0.2, 0.25) is 0 Å². The summed E-state index contributed by atoms with van der Waals surface area (Å²) in [5.74, 6) is 0.711. The molecule has 3 aromatic carbocycles. The van der Waals surface area contributed by atoms with Gasteiger partial charge in [-0.3, -0.25) is 9.29 Å². The number of aryl methyl sites for hydroxylation is 1. The van der Waals surface area contributed by atoms with Crippen LogP contribution in [0.3, 0.4) is 0 Å². The Kier molecular flexibility index (Phi) is 9.28. The first-order chi connectivity index (χ1) is 17.9. The molecule has 1 heterocycles. The molecule has 0 radical (unpaired) electrons. The fraction of sp³-hybridized carbons (Fsp3) is 0.179. The highest BCUT2D eigenvalue weighted by Gasteiger charge is 2.26. The third-order valence-corrected chi connectivity index (χ3v) is 7.98. The highest BCUT2D eigenvalue weighted by Crippen LogP contribution is 2.31. The maximum atomic E-state index is 13.8. The first-order valence-electron chi connectivity index (χ1n) is 11.8. The summed E-state index contributed by atoms with van der Waals surface area (Å²) in [4.78, 5) is 4.23. The van der Waals surface area contributed by atoms with Crippen molar-refractivity contribution < 1.29 is 13.2 Å². The van der Waals surface area contributed by atoms with Crippen LogP contribution in [0.1, 0.15) is 12.0 Å². The van der Waals surface area contributed by atoms with Crippen molar-refractivity contribution in [2.75, 3.05) is 29.3 Å². The summed E-state index contributed by atoms with van der Waals surface area (Å²) < 4.78 is 34.8. The quantitative estimate of drug-likeness (QED) is 0.197. The van der Waals surface area contributed by atoms with Crippen molar-refractivity contribution in [1.29, 1.82) is 0 Å². The molecule has 192 valence electrons. The summed E-state index contributed by atoms with van der Waals surface area (Å²) in [7, 11) is -3.85. The van der Waals surface area contributed by atoms with E-state index in [9.17, 15) is 8.42 Å². The minimum absolute atomic E-state index is 0.182. The second kappa shape index (κ2) is 12.8. The summed E-state index contributed by atoms with van der Waals surface area (Å²) in [6.45, 7) is 1.17. The molecule has 0 amide bonds. The Labute approximate surface area is 227 Å². The molecule has 0 aliphatic rings. The molecule has 4 aromatic rings. The summed E-state index contributed by atoms with van der Waals surface area (Å²) in [5, 5.41) is 4.45. The van der Waals surface area contributed by atoms with Crippen molar-refractivity contribution >= 4 is 44.6 Å². The fourth-order valence-corrected chi connectivity index (χ4v) is 5.58. The molecule has 1 aromatic heterocycles.